The van der Waals surface area contributed by atoms with Crippen LogP contribution in [0.2, 0.25) is 0 Å². The van der Waals surface area contributed by atoms with Gasteiger partial charge in [0.25, 0.3) is 5.56 Å². The normalized spacial score (nSPS) is 30.2. The molecule has 1 aromatic rings. The smallest absolute Gasteiger partial charge is 0.254 e. The van der Waals surface area contributed by atoms with Crippen molar-refractivity contribution in [2.45, 2.75) is 95.7 Å². The molecule has 1 aromatic heterocycles. The molecule has 1 N–H and O–H groups in total. The molecule has 2 heterocycles. The Morgan fingerprint density at radius 3 is 2.57 bits per heavy atom. The van der Waals surface area contributed by atoms with Crippen molar-refractivity contribution in [3.8, 4) is 0 Å². The Morgan fingerprint density at radius 2 is 1.89 bits per heavy atom. The third kappa shape index (κ3) is 4.52. The number of nitrogens with one attached hydrogen (secondary N) is 1. The van der Waals surface area contributed by atoms with Gasteiger partial charge in [-0.25, -0.2) is 0 Å². The third-order valence-corrected chi connectivity index (χ3v) is 7.77. The number of aryl methyl sites for hydroxylation is 1. The first kappa shape index (κ1) is 20.5. The Morgan fingerprint density at radius 1 is 1.11 bits per heavy atom. The Kier molecular flexibility index (Phi) is 6.85. The van der Waals surface area contributed by atoms with Crippen molar-refractivity contribution in [1.29, 1.82) is 0 Å². The van der Waals surface area contributed by atoms with Gasteiger partial charge in [0.05, 0.1) is 18.8 Å². The van der Waals surface area contributed by atoms with Crippen molar-refractivity contribution < 1.29 is 4.74 Å². The number of aromatic nitrogens is 1. The summed E-state index contributed by atoms with van der Waals surface area (Å²) in [6, 6.07) is 4.72. The Balaban J connectivity index is 1.51. The van der Waals surface area contributed by atoms with Crippen LogP contribution in [0.15, 0.2) is 16.9 Å². The number of rotatable bonds is 8. The van der Waals surface area contributed by atoms with Crippen molar-refractivity contribution in [3.63, 3.8) is 0 Å². The van der Waals surface area contributed by atoms with E-state index in [2.05, 4.69) is 35.3 Å². The van der Waals surface area contributed by atoms with E-state index in [9.17, 15) is 4.79 Å². The molecule has 2 saturated carbocycles. The van der Waals surface area contributed by atoms with Crippen LogP contribution < -0.4 is 10.3 Å². The van der Waals surface area contributed by atoms with Gasteiger partial charge < -0.3 is 9.30 Å². The molecular weight excluding hydrogens is 368 g/mol. The second-order valence-corrected chi connectivity index (χ2v) is 9.98. The SMILES string of the molecule is CCSNC1CCc2ccc(C3CC3)c(=O)n2C1COC1CCC(CC)CC1. The first-order chi connectivity index (χ1) is 13.7. The van der Waals surface area contributed by atoms with E-state index in [1.165, 1.54) is 50.6 Å². The molecule has 156 valence electrons. The molecule has 2 unspecified atom stereocenters. The summed E-state index contributed by atoms with van der Waals surface area (Å²) in [4.78, 5) is 13.3. The topological polar surface area (TPSA) is 43.3 Å². The van der Waals surface area contributed by atoms with Crippen LogP contribution in [0.3, 0.4) is 0 Å². The quantitative estimate of drug-likeness (QED) is 0.631. The largest absolute Gasteiger partial charge is 0.376 e. The molecule has 0 saturated heterocycles. The minimum Gasteiger partial charge on any atom is -0.376 e. The number of pyridine rings is 1. The molecule has 4 nitrogen and oxygen atoms in total. The second-order valence-electron chi connectivity index (χ2n) is 8.88. The van der Waals surface area contributed by atoms with Crippen molar-refractivity contribution >= 4 is 11.9 Å². The lowest BCUT2D eigenvalue weighted by Crippen LogP contribution is -2.47. The maximum absolute atomic E-state index is 13.3. The van der Waals surface area contributed by atoms with E-state index in [4.69, 9.17) is 4.74 Å². The predicted molar refractivity (Wildman–Crippen MR) is 117 cm³/mol. The standard InChI is InChI=1S/C23H36N2O2S/c1-3-16-5-11-19(12-6-16)27-15-22-21(24-28-4-2)14-10-18-9-13-20(17-7-8-17)23(26)25(18)22/h9,13,16-17,19,21-22,24H,3-8,10-12,14-15H2,1-2H3. The molecule has 3 aliphatic rings. The summed E-state index contributed by atoms with van der Waals surface area (Å²) in [6.07, 6.45) is 11.0. The average molecular weight is 405 g/mol. The van der Waals surface area contributed by atoms with Gasteiger partial charge in [-0.2, -0.15) is 0 Å². The van der Waals surface area contributed by atoms with Gasteiger partial charge in [-0.3, -0.25) is 9.52 Å². The fourth-order valence-corrected chi connectivity index (χ4v) is 5.67. The van der Waals surface area contributed by atoms with Gasteiger partial charge in [0.15, 0.2) is 0 Å². The number of hydrogen-bond acceptors (Lipinski definition) is 4. The lowest BCUT2D eigenvalue weighted by molar-refractivity contribution is -0.00681. The van der Waals surface area contributed by atoms with E-state index >= 15 is 0 Å². The van der Waals surface area contributed by atoms with Crippen LogP contribution in [0.1, 0.15) is 88.4 Å². The second kappa shape index (κ2) is 9.36. The van der Waals surface area contributed by atoms with E-state index in [0.717, 1.165) is 30.1 Å². The molecule has 28 heavy (non-hydrogen) atoms. The van der Waals surface area contributed by atoms with Gasteiger partial charge in [-0.1, -0.05) is 38.3 Å². The molecule has 2 fully saturated rings. The van der Waals surface area contributed by atoms with E-state index in [-0.39, 0.29) is 11.6 Å². The highest BCUT2D eigenvalue weighted by Gasteiger charge is 2.34. The molecule has 0 amide bonds. The van der Waals surface area contributed by atoms with Gasteiger partial charge in [0, 0.05) is 23.1 Å². The number of hydrogen-bond donors (Lipinski definition) is 1. The Hall–Kier alpha value is -0.780. The average Bonchev–Trinajstić information content (AvgIpc) is 3.56. The summed E-state index contributed by atoms with van der Waals surface area (Å²) in [5.41, 5.74) is 2.47. The zero-order valence-corrected chi connectivity index (χ0v) is 18.3. The van der Waals surface area contributed by atoms with E-state index in [1.807, 2.05) is 0 Å². The monoisotopic (exact) mass is 404 g/mol. The van der Waals surface area contributed by atoms with Crippen LogP contribution in [0.5, 0.6) is 0 Å². The maximum atomic E-state index is 13.3. The van der Waals surface area contributed by atoms with Crippen LogP contribution in [0.25, 0.3) is 0 Å². The van der Waals surface area contributed by atoms with Crippen LogP contribution in [0.4, 0.5) is 0 Å². The molecule has 2 atom stereocenters. The molecule has 0 radical (unpaired) electrons. The minimum absolute atomic E-state index is 0.109. The summed E-state index contributed by atoms with van der Waals surface area (Å²) in [5, 5.41) is 0. The molecule has 0 bridgehead atoms. The molecule has 5 heteroatoms. The van der Waals surface area contributed by atoms with Crippen LogP contribution in [-0.4, -0.2) is 29.1 Å². The van der Waals surface area contributed by atoms with E-state index in [1.54, 1.807) is 11.9 Å². The highest BCUT2D eigenvalue weighted by molar-refractivity contribution is 7.97. The van der Waals surface area contributed by atoms with Gasteiger partial charge in [0.1, 0.15) is 0 Å². The summed E-state index contributed by atoms with van der Waals surface area (Å²) in [7, 11) is 0. The van der Waals surface area contributed by atoms with Gasteiger partial charge in [-0.15, -0.1) is 0 Å². The first-order valence-corrected chi connectivity index (χ1v) is 12.4. The molecular formula is C23H36N2O2S. The summed E-state index contributed by atoms with van der Waals surface area (Å²) < 4.78 is 12.2. The van der Waals surface area contributed by atoms with E-state index < -0.39 is 0 Å². The van der Waals surface area contributed by atoms with Crippen LogP contribution >= 0.6 is 11.9 Å². The molecule has 0 aromatic carbocycles. The van der Waals surface area contributed by atoms with E-state index in [0.29, 0.717) is 24.7 Å². The lowest BCUT2D eigenvalue weighted by Gasteiger charge is -2.37. The summed E-state index contributed by atoms with van der Waals surface area (Å²) in [6.45, 7) is 5.13. The molecule has 2 aliphatic carbocycles. The van der Waals surface area contributed by atoms with Crippen LogP contribution in [0, 0.1) is 5.92 Å². The van der Waals surface area contributed by atoms with Crippen molar-refractivity contribution in [2.24, 2.45) is 5.92 Å². The zero-order chi connectivity index (χ0) is 19.5. The van der Waals surface area contributed by atoms with Crippen molar-refractivity contribution in [3.05, 3.63) is 33.7 Å². The van der Waals surface area contributed by atoms with Gasteiger partial charge >= 0.3 is 0 Å². The number of fused-ring (bicyclic) bond motifs is 1. The van der Waals surface area contributed by atoms with Crippen molar-refractivity contribution in [1.82, 2.24) is 9.29 Å². The maximum Gasteiger partial charge on any atom is 0.254 e. The highest BCUT2D eigenvalue weighted by atomic mass is 32.2. The van der Waals surface area contributed by atoms with Crippen molar-refractivity contribution in [2.75, 3.05) is 12.4 Å². The molecule has 0 spiro atoms. The number of ether oxygens (including phenoxy) is 1. The van der Waals surface area contributed by atoms with Crippen LogP contribution in [-0.2, 0) is 11.2 Å². The fourth-order valence-electron chi connectivity index (χ4n) is 5.02. The Labute approximate surface area is 173 Å². The van der Waals surface area contributed by atoms with Gasteiger partial charge in [0.2, 0.25) is 0 Å². The van der Waals surface area contributed by atoms with Gasteiger partial charge in [-0.05, 0) is 69.3 Å². The summed E-state index contributed by atoms with van der Waals surface area (Å²) >= 11 is 1.77. The first-order valence-electron chi connectivity index (χ1n) is 11.4. The molecule has 4 rings (SSSR count). The highest BCUT2D eigenvalue weighted by Crippen LogP contribution is 2.39. The third-order valence-electron chi connectivity index (χ3n) is 7.01. The Bertz CT molecular complexity index is 707. The predicted octanol–water partition coefficient (Wildman–Crippen LogP) is 4.82. The number of nitrogens with zero attached hydrogens (tertiary/aromatic N) is 1. The summed E-state index contributed by atoms with van der Waals surface area (Å²) in [5.74, 6) is 2.42. The zero-order valence-electron chi connectivity index (χ0n) is 17.5. The fraction of sp³-hybridized carbons (Fsp3) is 0.783. The molecule has 1 aliphatic heterocycles. The minimum atomic E-state index is 0.109. The lowest BCUT2D eigenvalue weighted by atomic mass is 9.86.